The molecule has 12 heavy (non-hydrogen) atoms. The smallest absolute Gasteiger partial charge is 0.330 e. The van der Waals surface area contributed by atoms with E-state index in [0.29, 0.717) is 6.61 Å². The monoisotopic (exact) mass is 171 g/mol. The largest absolute Gasteiger partial charge is 0.462 e. The Hall–Kier alpha value is -0.830. The summed E-state index contributed by atoms with van der Waals surface area (Å²) in [5, 5.41) is 3.14. The van der Waals surface area contributed by atoms with Gasteiger partial charge in [0.2, 0.25) is 0 Å². The van der Waals surface area contributed by atoms with Gasteiger partial charge in [0.1, 0.15) is 0 Å². The van der Waals surface area contributed by atoms with E-state index in [9.17, 15) is 4.79 Å². The van der Waals surface area contributed by atoms with Crippen molar-refractivity contribution in [2.75, 3.05) is 19.7 Å². The van der Waals surface area contributed by atoms with E-state index in [4.69, 9.17) is 4.74 Å². The molecule has 70 valence electrons. The highest BCUT2D eigenvalue weighted by Gasteiger charge is 1.93. The molecule has 0 aliphatic carbocycles. The number of esters is 1. The lowest BCUT2D eigenvalue weighted by molar-refractivity contribution is -0.137. The normalized spacial score (nSPS) is 10.5. The van der Waals surface area contributed by atoms with Crippen LogP contribution in [0.3, 0.4) is 0 Å². The highest BCUT2D eigenvalue weighted by atomic mass is 16.5. The van der Waals surface area contributed by atoms with Crippen molar-refractivity contribution in [3.63, 3.8) is 0 Å². The molecule has 0 bridgehead atoms. The number of rotatable bonds is 6. The zero-order valence-electron chi connectivity index (χ0n) is 7.80. The number of hydrogen-bond acceptors (Lipinski definition) is 3. The van der Waals surface area contributed by atoms with E-state index >= 15 is 0 Å². The standard InChI is InChI=1S/C9H17NO2/c1-3-6-9(11)12-8-5-7-10-4-2/h3,6,10H,4-5,7-8H2,1-2H3. The van der Waals surface area contributed by atoms with E-state index in [-0.39, 0.29) is 5.97 Å². The van der Waals surface area contributed by atoms with Gasteiger partial charge in [0.25, 0.3) is 0 Å². The summed E-state index contributed by atoms with van der Waals surface area (Å²) >= 11 is 0. The fraction of sp³-hybridized carbons (Fsp3) is 0.667. The quantitative estimate of drug-likeness (QED) is 0.369. The first-order valence-corrected chi connectivity index (χ1v) is 4.31. The maximum absolute atomic E-state index is 10.7. The molecular weight excluding hydrogens is 154 g/mol. The fourth-order valence-electron chi connectivity index (χ4n) is 0.731. The van der Waals surface area contributed by atoms with Gasteiger partial charge in [-0.2, -0.15) is 0 Å². The van der Waals surface area contributed by atoms with Crippen molar-refractivity contribution >= 4 is 5.97 Å². The van der Waals surface area contributed by atoms with E-state index < -0.39 is 0 Å². The van der Waals surface area contributed by atoms with Crippen molar-refractivity contribution in [2.45, 2.75) is 20.3 Å². The molecule has 0 aromatic heterocycles. The van der Waals surface area contributed by atoms with Crippen LogP contribution in [0.2, 0.25) is 0 Å². The van der Waals surface area contributed by atoms with Crippen LogP contribution in [0.15, 0.2) is 12.2 Å². The number of carbonyl (C=O) groups excluding carboxylic acids is 1. The number of hydrogen-bond donors (Lipinski definition) is 1. The fourth-order valence-corrected chi connectivity index (χ4v) is 0.731. The van der Waals surface area contributed by atoms with Crippen LogP contribution in [0.4, 0.5) is 0 Å². The van der Waals surface area contributed by atoms with Crippen LogP contribution in [0.1, 0.15) is 20.3 Å². The molecule has 0 amide bonds. The zero-order chi connectivity index (χ0) is 9.23. The van der Waals surface area contributed by atoms with Gasteiger partial charge in [0.15, 0.2) is 0 Å². The summed E-state index contributed by atoms with van der Waals surface area (Å²) in [6.07, 6.45) is 3.97. The molecule has 0 rings (SSSR count). The Kier molecular flexibility index (Phi) is 7.70. The van der Waals surface area contributed by atoms with Crippen LogP contribution in [0, 0.1) is 0 Å². The summed E-state index contributed by atoms with van der Waals surface area (Å²) in [6, 6.07) is 0. The second-order valence-electron chi connectivity index (χ2n) is 2.37. The number of ether oxygens (including phenoxy) is 1. The lowest BCUT2D eigenvalue weighted by Crippen LogP contribution is -2.16. The van der Waals surface area contributed by atoms with Crippen LogP contribution < -0.4 is 5.32 Å². The Morgan fingerprint density at radius 2 is 2.33 bits per heavy atom. The van der Waals surface area contributed by atoms with Crippen molar-refractivity contribution < 1.29 is 9.53 Å². The summed E-state index contributed by atoms with van der Waals surface area (Å²) in [5.41, 5.74) is 0. The van der Waals surface area contributed by atoms with Gasteiger partial charge in [-0.25, -0.2) is 4.79 Å². The minimum Gasteiger partial charge on any atom is -0.462 e. The summed E-state index contributed by atoms with van der Waals surface area (Å²) in [4.78, 5) is 10.7. The van der Waals surface area contributed by atoms with Crippen molar-refractivity contribution in [3.05, 3.63) is 12.2 Å². The molecule has 0 atom stereocenters. The average Bonchev–Trinajstić information content (AvgIpc) is 2.05. The van der Waals surface area contributed by atoms with E-state index in [1.165, 1.54) is 6.08 Å². The summed E-state index contributed by atoms with van der Waals surface area (Å²) < 4.78 is 4.86. The second-order valence-corrected chi connectivity index (χ2v) is 2.37. The van der Waals surface area contributed by atoms with Crippen LogP contribution in [-0.4, -0.2) is 25.7 Å². The van der Waals surface area contributed by atoms with Gasteiger partial charge in [-0.05, 0) is 26.4 Å². The molecule has 0 radical (unpaired) electrons. The molecule has 0 fully saturated rings. The maximum Gasteiger partial charge on any atom is 0.330 e. The minimum absolute atomic E-state index is 0.256. The van der Waals surface area contributed by atoms with Crippen molar-refractivity contribution in [1.82, 2.24) is 5.32 Å². The van der Waals surface area contributed by atoms with Crippen LogP contribution in [0.5, 0.6) is 0 Å². The molecule has 0 saturated carbocycles. The topological polar surface area (TPSA) is 38.3 Å². The molecule has 0 spiro atoms. The Balaban J connectivity index is 3.14. The molecule has 0 aliphatic rings. The summed E-state index contributed by atoms with van der Waals surface area (Å²) in [5.74, 6) is -0.256. The molecule has 1 N–H and O–H groups in total. The molecule has 3 nitrogen and oxygen atoms in total. The molecule has 3 heteroatoms. The third-order valence-electron chi connectivity index (χ3n) is 1.29. The lowest BCUT2D eigenvalue weighted by Gasteiger charge is -2.01. The van der Waals surface area contributed by atoms with Crippen molar-refractivity contribution in [2.24, 2.45) is 0 Å². The molecule has 0 aliphatic heterocycles. The van der Waals surface area contributed by atoms with Crippen molar-refractivity contribution in [1.29, 1.82) is 0 Å². The van der Waals surface area contributed by atoms with Gasteiger partial charge in [0, 0.05) is 6.08 Å². The molecular formula is C9H17NO2. The first-order chi connectivity index (χ1) is 5.81. The van der Waals surface area contributed by atoms with E-state index in [2.05, 4.69) is 5.32 Å². The van der Waals surface area contributed by atoms with Gasteiger partial charge in [-0.3, -0.25) is 0 Å². The van der Waals surface area contributed by atoms with Gasteiger partial charge >= 0.3 is 5.97 Å². The second kappa shape index (κ2) is 8.27. The molecule has 0 saturated heterocycles. The zero-order valence-corrected chi connectivity index (χ0v) is 7.80. The predicted molar refractivity (Wildman–Crippen MR) is 48.9 cm³/mol. The van der Waals surface area contributed by atoms with Crippen LogP contribution >= 0.6 is 0 Å². The Morgan fingerprint density at radius 3 is 2.92 bits per heavy atom. The Labute approximate surface area is 73.8 Å². The van der Waals surface area contributed by atoms with Gasteiger partial charge < -0.3 is 10.1 Å². The summed E-state index contributed by atoms with van der Waals surface area (Å²) in [7, 11) is 0. The maximum atomic E-state index is 10.7. The van der Waals surface area contributed by atoms with Gasteiger partial charge in [0.05, 0.1) is 6.61 Å². The summed E-state index contributed by atoms with van der Waals surface area (Å²) in [6.45, 7) is 6.20. The highest BCUT2D eigenvalue weighted by molar-refractivity contribution is 5.81. The van der Waals surface area contributed by atoms with Gasteiger partial charge in [-0.1, -0.05) is 13.0 Å². The predicted octanol–water partition coefficient (Wildman–Crippen LogP) is 1.11. The highest BCUT2D eigenvalue weighted by Crippen LogP contribution is 1.84. The Bertz CT molecular complexity index is 143. The van der Waals surface area contributed by atoms with Gasteiger partial charge in [-0.15, -0.1) is 0 Å². The third-order valence-corrected chi connectivity index (χ3v) is 1.29. The molecule has 0 aromatic carbocycles. The van der Waals surface area contributed by atoms with E-state index in [1.54, 1.807) is 13.0 Å². The van der Waals surface area contributed by atoms with E-state index in [1.807, 2.05) is 6.92 Å². The molecule has 0 aromatic rings. The average molecular weight is 171 g/mol. The lowest BCUT2D eigenvalue weighted by atomic mass is 10.4. The Morgan fingerprint density at radius 1 is 1.58 bits per heavy atom. The number of carbonyl (C=O) groups is 1. The van der Waals surface area contributed by atoms with Crippen LogP contribution in [-0.2, 0) is 9.53 Å². The van der Waals surface area contributed by atoms with Crippen LogP contribution in [0.25, 0.3) is 0 Å². The number of allylic oxidation sites excluding steroid dienone is 1. The number of nitrogens with one attached hydrogen (secondary N) is 1. The van der Waals surface area contributed by atoms with Crippen molar-refractivity contribution in [3.8, 4) is 0 Å². The SMILES string of the molecule is CC=CC(=O)OCCCNCC. The molecule has 0 unspecified atom stereocenters. The van der Waals surface area contributed by atoms with E-state index in [0.717, 1.165) is 19.5 Å². The first kappa shape index (κ1) is 11.2. The first-order valence-electron chi connectivity index (χ1n) is 4.31. The molecule has 0 heterocycles. The third kappa shape index (κ3) is 7.28. The minimum atomic E-state index is -0.256.